The molecule has 0 unspecified atom stereocenters. The number of aromatic carboxylic acids is 2. The van der Waals surface area contributed by atoms with E-state index in [1.54, 1.807) is 12.1 Å². The molecular formula is C67H45F13I6O10S2+2. The predicted octanol–water partition coefficient (Wildman–Crippen LogP) is 22.8. The number of rotatable bonds is 10. The van der Waals surface area contributed by atoms with Gasteiger partial charge in [0, 0.05) is 19.3 Å². The van der Waals surface area contributed by atoms with Gasteiger partial charge in [0.25, 0.3) is 0 Å². The minimum Gasteiger partial charge on any atom is -0.507 e. The van der Waals surface area contributed by atoms with Gasteiger partial charge in [-0.1, -0.05) is 7.43 Å². The average molecular weight is 2080 g/mol. The van der Waals surface area contributed by atoms with E-state index in [1.165, 1.54) is 78.9 Å². The van der Waals surface area contributed by atoms with Crippen molar-refractivity contribution in [2.24, 2.45) is 0 Å². The third-order valence-electron chi connectivity index (χ3n) is 12.4. The number of alkyl halides is 12. The van der Waals surface area contributed by atoms with E-state index in [0.29, 0.717) is 45.4 Å². The Hall–Kier alpha value is -5.89. The molecule has 98 heavy (non-hydrogen) atoms. The van der Waals surface area contributed by atoms with E-state index in [1.807, 2.05) is 139 Å². The summed E-state index contributed by atoms with van der Waals surface area (Å²) >= 11 is 12.1. The first-order chi connectivity index (χ1) is 45.2. The highest BCUT2D eigenvalue weighted by molar-refractivity contribution is 14.1. The third kappa shape index (κ3) is 24.2. The van der Waals surface area contributed by atoms with Crippen molar-refractivity contribution >= 4 is 169 Å². The summed E-state index contributed by atoms with van der Waals surface area (Å²) in [5, 5.41) is 63.4. The van der Waals surface area contributed by atoms with Crippen molar-refractivity contribution in [3.8, 4) is 40.2 Å². The lowest BCUT2D eigenvalue weighted by Crippen LogP contribution is -2.09. The van der Waals surface area contributed by atoms with Crippen LogP contribution in [0.1, 0.15) is 50.4 Å². The van der Waals surface area contributed by atoms with E-state index >= 15 is 0 Å². The van der Waals surface area contributed by atoms with Gasteiger partial charge in [-0.05, 0) is 330 Å². The van der Waals surface area contributed by atoms with Crippen LogP contribution in [0.3, 0.4) is 0 Å². The number of carboxylic acids is 2. The lowest BCUT2D eigenvalue weighted by atomic mass is 10.2. The number of benzene rings is 10. The van der Waals surface area contributed by atoms with Crippen LogP contribution >= 0.6 is 136 Å². The van der Waals surface area contributed by atoms with Crippen LogP contribution < -0.4 is 4.74 Å². The highest BCUT2D eigenvalue weighted by atomic mass is 127. The van der Waals surface area contributed by atoms with Gasteiger partial charge in [0.05, 0.1) is 58.3 Å². The van der Waals surface area contributed by atoms with Crippen LogP contribution in [0.15, 0.2) is 236 Å². The maximum absolute atomic E-state index is 12.9. The SMILES string of the molecule is C.FC(F)(F)c1ccc([S+](c2ccc(I)cc2)c2ccc(C(F)(F)F)cc2)cc1.FC(F)(F)c1ccc([S+](c2ccc(I)cc2)c2ccc(C(F)(F)F)cc2)cc1.O=C(O)c1ccc(F)cc1O.O=C(O)c1ccc(Oc2cc(I)c(O)cc2I)cc1O.Oc1cc(I)c(O)cc1I. The molecule has 0 amide bonds. The Morgan fingerprint density at radius 2 is 0.582 bits per heavy atom. The summed E-state index contributed by atoms with van der Waals surface area (Å²) in [5.74, 6) is -2.66. The van der Waals surface area contributed by atoms with Crippen LogP contribution in [0.25, 0.3) is 0 Å². The number of ether oxygens (including phenoxy) is 1. The Morgan fingerprint density at radius 1 is 0.327 bits per heavy atom. The van der Waals surface area contributed by atoms with Crippen LogP contribution in [0.2, 0.25) is 0 Å². The molecule has 516 valence electrons. The highest BCUT2D eigenvalue weighted by Gasteiger charge is 2.37. The Morgan fingerprint density at radius 3 is 0.847 bits per heavy atom. The highest BCUT2D eigenvalue weighted by Crippen LogP contribution is 2.41. The smallest absolute Gasteiger partial charge is 0.416 e. The van der Waals surface area contributed by atoms with Gasteiger partial charge >= 0.3 is 36.6 Å². The number of carbonyl (C=O) groups is 2. The fraction of sp³-hybridized carbons (Fsp3) is 0.0746. The van der Waals surface area contributed by atoms with Gasteiger partial charge in [-0.15, -0.1) is 0 Å². The molecule has 0 saturated carbocycles. The first-order valence-electron chi connectivity index (χ1n) is 26.4. The molecule has 31 heteroatoms. The predicted molar refractivity (Wildman–Crippen MR) is 394 cm³/mol. The molecule has 0 heterocycles. The van der Waals surface area contributed by atoms with E-state index in [2.05, 4.69) is 45.2 Å². The van der Waals surface area contributed by atoms with Crippen LogP contribution in [-0.4, -0.2) is 47.7 Å². The molecule has 10 nitrogen and oxygen atoms in total. The lowest BCUT2D eigenvalue weighted by Gasteiger charge is -2.11. The number of hydrogen-bond donors (Lipinski definition) is 7. The molecule has 0 spiro atoms. The molecule has 10 aromatic rings. The maximum Gasteiger partial charge on any atom is 0.416 e. The molecule has 10 rings (SSSR count). The zero-order chi connectivity index (χ0) is 72.1. The monoisotopic (exact) mass is 2080 g/mol. The van der Waals surface area contributed by atoms with E-state index in [0.717, 1.165) is 83.7 Å². The van der Waals surface area contributed by atoms with Crippen molar-refractivity contribution in [2.45, 2.75) is 61.5 Å². The summed E-state index contributed by atoms with van der Waals surface area (Å²) in [6.45, 7) is 0. The molecule has 0 atom stereocenters. The molecule has 0 saturated heterocycles. The van der Waals surface area contributed by atoms with Crippen molar-refractivity contribution < 1.29 is 107 Å². The maximum atomic E-state index is 12.9. The Kier molecular flexibility index (Phi) is 30.5. The Labute approximate surface area is 637 Å². The molecular weight excluding hydrogens is 2040 g/mol. The van der Waals surface area contributed by atoms with Gasteiger partial charge in [-0.25, -0.2) is 14.0 Å². The molecule has 0 aliphatic carbocycles. The minimum atomic E-state index is -4.45. The van der Waals surface area contributed by atoms with E-state index in [9.17, 15) is 76.9 Å². The molecule has 0 bridgehead atoms. The summed E-state index contributed by atoms with van der Waals surface area (Å²) in [5.41, 5.74) is -3.56. The number of hydrogen-bond acceptors (Lipinski definition) is 8. The van der Waals surface area contributed by atoms with Gasteiger partial charge in [-0.2, -0.15) is 52.7 Å². The third-order valence-corrected chi connectivity index (χ3v) is 21.7. The van der Waals surface area contributed by atoms with Crippen molar-refractivity contribution in [3.05, 3.63) is 267 Å². The summed E-state index contributed by atoms with van der Waals surface area (Å²) in [7, 11) is -1.66. The first kappa shape index (κ1) is 82.8. The first-order valence-corrected chi connectivity index (χ1v) is 35.3. The average Bonchev–Trinajstić information content (AvgIpc) is 0.835. The van der Waals surface area contributed by atoms with Gasteiger partial charge < -0.3 is 40.5 Å². The Bertz CT molecular complexity index is 4020. The van der Waals surface area contributed by atoms with Crippen LogP contribution in [-0.2, 0) is 46.5 Å². The second-order valence-corrected chi connectivity index (χ2v) is 30.3. The molecule has 7 N–H and O–H groups in total. The summed E-state index contributed by atoms with van der Waals surface area (Å²) in [6.07, 6.45) is -17.8. The summed E-state index contributed by atoms with van der Waals surface area (Å²) < 4.78 is 177. The summed E-state index contributed by atoms with van der Waals surface area (Å²) in [4.78, 5) is 25.0. The van der Waals surface area contributed by atoms with Crippen LogP contribution in [0, 0.1) is 27.2 Å². The quantitative estimate of drug-likeness (QED) is 0.0301. The normalized spacial score (nSPS) is 11.3. The van der Waals surface area contributed by atoms with Gasteiger partial charge in [0.15, 0.2) is 29.4 Å². The molecule has 10 aromatic carbocycles. The number of phenolic OH excluding ortho intramolecular Hbond substituents is 3. The van der Waals surface area contributed by atoms with Crippen LogP contribution in [0.4, 0.5) is 57.1 Å². The number of halogens is 19. The van der Waals surface area contributed by atoms with Crippen molar-refractivity contribution in [1.82, 2.24) is 0 Å². The fourth-order valence-electron chi connectivity index (χ4n) is 7.77. The minimum absolute atomic E-state index is 0. The molecule has 0 aromatic heterocycles. The number of aromatic hydroxyl groups is 5. The fourth-order valence-corrected chi connectivity index (χ4v) is 14.5. The standard InChI is InChI=1S/2C20H12F6IS.C13H8I2O5.C7H5FO3.C6H4I2O2.CH4/c2*21-19(22,23)13-1-7-16(8-2-13)28(18-11-5-15(27)6-12-18)17-9-3-14(4-10-17)20(24,25)26;14-8-5-12(9(15)4-11(8)17)20-6-1-2-7(13(18)19)10(16)3-6;8-4-1-2-5(7(10)11)6(9)3-4;7-3-1-5(9)4(8)2-6(3)10;/h2*1-12H;1-5,16-17H,(H,18,19);1-3,9H,(H,10,11);1-2,9-10H;1H4/q2*+1;;;;. The van der Waals surface area contributed by atoms with Gasteiger partial charge in [0.2, 0.25) is 0 Å². The molecule has 0 fully saturated rings. The zero-order valence-electron chi connectivity index (χ0n) is 48.0. The molecule has 0 aliphatic rings. The Balaban J connectivity index is 0.000000232. The van der Waals surface area contributed by atoms with Crippen molar-refractivity contribution in [1.29, 1.82) is 0 Å². The van der Waals surface area contributed by atoms with E-state index in [4.69, 9.17) is 30.3 Å². The number of phenols is 5. The van der Waals surface area contributed by atoms with Crippen molar-refractivity contribution in [2.75, 3.05) is 0 Å². The number of carboxylic acid groups (broad SMARTS) is 2. The molecule has 0 radical (unpaired) electrons. The van der Waals surface area contributed by atoms with Gasteiger partial charge in [0.1, 0.15) is 57.2 Å². The second-order valence-electron chi connectivity index (χ2n) is 19.2. The van der Waals surface area contributed by atoms with Crippen LogP contribution in [0.5, 0.6) is 40.2 Å². The van der Waals surface area contributed by atoms with Gasteiger partial charge in [-0.3, -0.25) is 0 Å². The largest absolute Gasteiger partial charge is 0.507 e. The topological polar surface area (TPSA) is 185 Å². The molecule has 0 aliphatic heterocycles. The summed E-state index contributed by atoms with van der Waals surface area (Å²) in [6, 6.07) is 46.6. The lowest BCUT2D eigenvalue weighted by molar-refractivity contribution is -0.138. The van der Waals surface area contributed by atoms with E-state index in [-0.39, 0.29) is 41.6 Å². The zero-order valence-corrected chi connectivity index (χ0v) is 62.6. The van der Waals surface area contributed by atoms with E-state index < -0.39 is 92.3 Å². The van der Waals surface area contributed by atoms with Crippen molar-refractivity contribution in [3.63, 3.8) is 0 Å². The second kappa shape index (κ2) is 36.1.